The molecule has 1 saturated heterocycles. The van der Waals surface area contributed by atoms with Gasteiger partial charge in [0.2, 0.25) is 0 Å². The zero-order valence-electron chi connectivity index (χ0n) is 10.6. The highest BCUT2D eigenvalue weighted by Crippen LogP contribution is 2.28. The summed E-state index contributed by atoms with van der Waals surface area (Å²) in [7, 11) is 2.09. The van der Waals surface area contributed by atoms with Crippen LogP contribution in [0.3, 0.4) is 0 Å². The van der Waals surface area contributed by atoms with Gasteiger partial charge in [0.25, 0.3) is 5.89 Å². The summed E-state index contributed by atoms with van der Waals surface area (Å²) >= 11 is 1.91. The highest BCUT2D eigenvalue weighted by Gasteiger charge is 2.26. The quantitative estimate of drug-likeness (QED) is 0.889. The van der Waals surface area contributed by atoms with Crippen molar-refractivity contribution in [1.82, 2.24) is 20.0 Å². The van der Waals surface area contributed by atoms with Gasteiger partial charge in [-0.1, -0.05) is 5.16 Å². The van der Waals surface area contributed by atoms with Crippen molar-refractivity contribution in [3.05, 3.63) is 24.3 Å². The fourth-order valence-corrected chi connectivity index (χ4v) is 3.23. The van der Waals surface area contributed by atoms with Crippen molar-refractivity contribution in [2.45, 2.75) is 6.04 Å². The van der Waals surface area contributed by atoms with Gasteiger partial charge in [-0.25, -0.2) is 0 Å². The lowest BCUT2D eigenvalue weighted by atomic mass is 10.2. The standard InChI is InChI=1S/C12H15N5OS/c1-17-2-3-19-7-10(17)11-15-12(18-16-11)8-4-9(13)6-14-5-8/h4-6,10H,2-3,7,13H2,1H3. The first-order valence-corrected chi connectivity index (χ1v) is 7.22. The van der Waals surface area contributed by atoms with E-state index in [9.17, 15) is 0 Å². The van der Waals surface area contributed by atoms with Crippen LogP contribution in [-0.4, -0.2) is 45.1 Å². The Balaban J connectivity index is 1.86. The second-order valence-corrected chi connectivity index (χ2v) is 5.69. The molecule has 0 bridgehead atoms. The van der Waals surface area contributed by atoms with E-state index in [2.05, 4.69) is 27.1 Å². The summed E-state index contributed by atoms with van der Waals surface area (Å²) < 4.78 is 5.31. The summed E-state index contributed by atoms with van der Waals surface area (Å²) in [4.78, 5) is 10.8. The first kappa shape index (κ1) is 12.4. The average molecular weight is 277 g/mol. The first-order valence-electron chi connectivity index (χ1n) is 6.06. The van der Waals surface area contributed by atoms with Crippen molar-refractivity contribution in [2.75, 3.05) is 30.8 Å². The number of hydrogen-bond donors (Lipinski definition) is 1. The van der Waals surface area contributed by atoms with Crippen LogP contribution in [0.1, 0.15) is 11.9 Å². The second kappa shape index (κ2) is 5.18. The van der Waals surface area contributed by atoms with E-state index in [0.717, 1.165) is 29.4 Å². The van der Waals surface area contributed by atoms with Crippen LogP contribution in [0.15, 0.2) is 23.0 Å². The second-order valence-electron chi connectivity index (χ2n) is 4.54. The lowest BCUT2D eigenvalue weighted by molar-refractivity contribution is 0.257. The number of aromatic nitrogens is 3. The van der Waals surface area contributed by atoms with Crippen molar-refractivity contribution < 1.29 is 4.52 Å². The van der Waals surface area contributed by atoms with Gasteiger partial charge in [0.05, 0.1) is 17.3 Å². The topological polar surface area (TPSA) is 81.1 Å². The van der Waals surface area contributed by atoms with E-state index in [1.165, 1.54) is 0 Å². The zero-order chi connectivity index (χ0) is 13.2. The highest BCUT2D eigenvalue weighted by atomic mass is 32.2. The predicted molar refractivity (Wildman–Crippen MR) is 74.6 cm³/mol. The summed E-state index contributed by atoms with van der Waals surface area (Å²) in [6.07, 6.45) is 3.26. The molecule has 6 nitrogen and oxygen atoms in total. The number of nitrogens with zero attached hydrogens (tertiary/aromatic N) is 4. The van der Waals surface area contributed by atoms with Crippen LogP contribution in [0.2, 0.25) is 0 Å². The Bertz CT molecular complexity index is 573. The maximum absolute atomic E-state index is 5.70. The number of thioether (sulfide) groups is 1. The lowest BCUT2D eigenvalue weighted by Crippen LogP contribution is -2.33. The van der Waals surface area contributed by atoms with Gasteiger partial charge in [-0.2, -0.15) is 16.7 Å². The molecule has 0 aliphatic carbocycles. The summed E-state index contributed by atoms with van der Waals surface area (Å²) in [5.41, 5.74) is 7.04. The Morgan fingerprint density at radius 2 is 2.37 bits per heavy atom. The first-order chi connectivity index (χ1) is 9.24. The fourth-order valence-electron chi connectivity index (χ4n) is 2.02. The molecule has 1 aliphatic heterocycles. The largest absolute Gasteiger partial charge is 0.397 e. The van der Waals surface area contributed by atoms with Gasteiger partial charge in [-0.15, -0.1) is 0 Å². The maximum atomic E-state index is 5.70. The van der Waals surface area contributed by atoms with Gasteiger partial charge in [-0.05, 0) is 13.1 Å². The molecule has 2 aromatic heterocycles. The molecule has 1 aliphatic rings. The molecule has 0 radical (unpaired) electrons. The average Bonchev–Trinajstić information content (AvgIpc) is 2.89. The monoisotopic (exact) mass is 277 g/mol. The van der Waals surface area contributed by atoms with Crippen LogP contribution in [0.5, 0.6) is 0 Å². The summed E-state index contributed by atoms with van der Waals surface area (Å²) in [5.74, 6) is 3.34. The van der Waals surface area contributed by atoms with E-state index < -0.39 is 0 Å². The van der Waals surface area contributed by atoms with E-state index in [0.29, 0.717) is 11.6 Å². The third-order valence-electron chi connectivity index (χ3n) is 3.14. The third kappa shape index (κ3) is 2.57. The number of anilines is 1. The molecule has 1 atom stereocenters. The van der Waals surface area contributed by atoms with Crippen LogP contribution in [0.4, 0.5) is 5.69 Å². The maximum Gasteiger partial charge on any atom is 0.259 e. The predicted octanol–water partition coefficient (Wildman–Crippen LogP) is 1.43. The molecule has 3 heterocycles. The van der Waals surface area contributed by atoms with Crippen molar-refractivity contribution in [3.63, 3.8) is 0 Å². The van der Waals surface area contributed by atoms with Crippen LogP contribution in [-0.2, 0) is 0 Å². The number of nitrogens with two attached hydrogens (primary N) is 1. The smallest absolute Gasteiger partial charge is 0.259 e. The Kier molecular flexibility index (Phi) is 3.39. The normalized spacial score (nSPS) is 20.6. The molecule has 0 saturated carbocycles. The molecule has 7 heteroatoms. The fraction of sp³-hybridized carbons (Fsp3) is 0.417. The molecule has 0 amide bonds. The van der Waals surface area contributed by atoms with E-state index >= 15 is 0 Å². The number of nitrogen functional groups attached to an aromatic ring is 1. The molecule has 0 aromatic carbocycles. The van der Waals surface area contributed by atoms with Gasteiger partial charge in [0.1, 0.15) is 0 Å². The number of hydrogen-bond acceptors (Lipinski definition) is 7. The summed E-state index contributed by atoms with van der Waals surface area (Å²) in [6, 6.07) is 1.99. The van der Waals surface area contributed by atoms with Gasteiger partial charge in [-0.3, -0.25) is 9.88 Å². The van der Waals surface area contributed by atoms with Crippen LogP contribution in [0.25, 0.3) is 11.5 Å². The van der Waals surface area contributed by atoms with Crippen molar-refractivity contribution in [1.29, 1.82) is 0 Å². The summed E-state index contributed by atoms with van der Waals surface area (Å²) in [6.45, 7) is 1.04. The molecule has 0 spiro atoms. The molecule has 3 rings (SSSR count). The third-order valence-corrected chi connectivity index (χ3v) is 4.16. The van der Waals surface area contributed by atoms with E-state index in [-0.39, 0.29) is 6.04 Å². The minimum Gasteiger partial charge on any atom is -0.397 e. The molecule has 19 heavy (non-hydrogen) atoms. The molecule has 2 N–H and O–H groups in total. The number of pyridine rings is 1. The Morgan fingerprint density at radius 1 is 1.47 bits per heavy atom. The molecule has 1 unspecified atom stereocenters. The van der Waals surface area contributed by atoms with E-state index in [1.54, 1.807) is 18.5 Å². The van der Waals surface area contributed by atoms with Crippen LogP contribution < -0.4 is 5.73 Å². The van der Waals surface area contributed by atoms with E-state index in [4.69, 9.17) is 10.3 Å². The van der Waals surface area contributed by atoms with Gasteiger partial charge < -0.3 is 10.3 Å². The Morgan fingerprint density at radius 3 is 3.16 bits per heavy atom. The minimum absolute atomic E-state index is 0.213. The Hall–Kier alpha value is -1.60. The van der Waals surface area contributed by atoms with Gasteiger partial charge in [0, 0.05) is 30.4 Å². The highest BCUT2D eigenvalue weighted by molar-refractivity contribution is 7.99. The summed E-state index contributed by atoms with van der Waals surface area (Å²) in [5, 5.41) is 4.09. The zero-order valence-corrected chi connectivity index (χ0v) is 11.4. The van der Waals surface area contributed by atoms with E-state index in [1.807, 2.05) is 11.8 Å². The minimum atomic E-state index is 0.213. The molecule has 1 fully saturated rings. The van der Waals surface area contributed by atoms with Crippen molar-refractivity contribution in [2.24, 2.45) is 0 Å². The SMILES string of the molecule is CN1CCSCC1c1noc(-c2cncc(N)c2)n1. The number of rotatable bonds is 2. The van der Waals surface area contributed by atoms with Gasteiger partial charge >= 0.3 is 0 Å². The molecule has 2 aromatic rings. The Labute approximate surface area is 115 Å². The molecular weight excluding hydrogens is 262 g/mol. The molecular formula is C12H15N5OS. The van der Waals surface area contributed by atoms with Crippen molar-refractivity contribution >= 4 is 17.4 Å². The lowest BCUT2D eigenvalue weighted by Gasteiger charge is -2.29. The van der Waals surface area contributed by atoms with Crippen LogP contribution in [0, 0.1) is 0 Å². The van der Waals surface area contributed by atoms with Gasteiger partial charge in [0.15, 0.2) is 5.82 Å². The van der Waals surface area contributed by atoms with Crippen molar-refractivity contribution in [3.8, 4) is 11.5 Å². The molecule has 100 valence electrons. The van der Waals surface area contributed by atoms with Crippen LogP contribution >= 0.6 is 11.8 Å².